The number of anilines is 1. The number of thiocarbonyl (C=S) groups is 1. The topological polar surface area (TPSA) is 71.2 Å². The van der Waals surface area contributed by atoms with Crippen LogP contribution in [0.25, 0.3) is 0 Å². The quantitative estimate of drug-likeness (QED) is 0.797. The van der Waals surface area contributed by atoms with Crippen molar-refractivity contribution in [2.75, 3.05) is 18.0 Å². The molecule has 0 saturated carbocycles. The van der Waals surface area contributed by atoms with E-state index in [-0.39, 0.29) is 5.91 Å². The van der Waals surface area contributed by atoms with Gasteiger partial charge in [0.1, 0.15) is 10.5 Å². The normalized spacial score (nSPS) is 17.8. The number of rotatable bonds is 2. The summed E-state index contributed by atoms with van der Waals surface area (Å²) in [6, 6.07) is 1.95. The Bertz CT molecular complexity index is 583. The second kappa shape index (κ2) is 5.01. The molecule has 3 N–H and O–H groups in total. The van der Waals surface area contributed by atoms with Crippen LogP contribution in [0.3, 0.4) is 0 Å². The lowest BCUT2D eigenvalue weighted by Gasteiger charge is -2.43. The van der Waals surface area contributed by atoms with Gasteiger partial charge in [0, 0.05) is 24.5 Å². The van der Waals surface area contributed by atoms with Crippen LogP contribution in [0.1, 0.15) is 30.8 Å². The summed E-state index contributed by atoms with van der Waals surface area (Å²) in [5.74, 6) is 0.00441. The molecule has 1 aromatic heterocycles. The van der Waals surface area contributed by atoms with Crippen LogP contribution in [0.15, 0.2) is 6.07 Å². The van der Waals surface area contributed by atoms with E-state index >= 15 is 0 Å². The van der Waals surface area contributed by atoms with Crippen molar-refractivity contribution in [2.45, 2.75) is 33.2 Å². The van der Waals surface area contributed by atoms with Gasteiger partial charge in [0.25, 0.3) is 0 Å². The molecule has 2 heterocycles. The monoisotopic (exact) mass is 292 g/mol. The molecule has 0 aliphatic carbocycles. The third-order valence-corrected chi connectivity index (χ3v) is 3.90. The molecular weight excluding hydrogens is 272 g/mol. The van der Waals surface area contributed by atoms with Crippen LogP contribution in [-0.2, 0) is 4.79 Å². The van der Waals surface area contributed by atoms with Crippen LogP contribution in [-0.4, -0.2) is 34.5 Å². The minimum Gasteiger partial charge on any atom is -0.389 e. The van der Waals surface area contributed by atoms with Crippen LogP contribution in [0.5, 0.6) is 0 Å². The lowest BCUT2D eigenvalue weighted by Crippen LogP contribution is -2.62. The number of carbonyl (C=O) groups excluding carboxylic acids is 1. The second-order valence-corrected chi connectivity index (χ2v) is 6.01. The summed E-state index contributed by atoms with van der Waals surface area (Å²) in [7, 11) is 0. The van der Waals surface area contributed by atoms with E-state index in [1.807, 2.05) is 33.8 Å². The molecule has 1 fully saturated rings. The van der Waals surface area contributed by atoms with Crippen molar-refractivity contribution in [1.82, 2.24) is 10.3 Å². The molecule has 0 radical (unpaired) electrons. The first-order chi connectivity index (χ1) is 9.25. The molecule has 108 valence electrons. The highest BCUT2D eigenvalue weighted by Gasteiger charge is 2.39. The second-order valence-electron chi connectivity index (χ2n) is 5.57. The van der Waals surface area contributed by atoms with Crippen LogP contribution in [0.2, 0.25) is 0 Å². The first-order valence-corrected chi connectivity index (χ1v) is 7.00. The summed E-state index contributed by atoms with van der Waals surface area (Å²) in [6.45, 7) is 8.95. The van der Waals surface area contributed by atoms with Gasteiger partial charge < -0.3 is 16.0 Å². The largest absolute Gasteiger partial charge is 0.389 e. The Kier molecular flexibility index (Phi) is 3.69. The molecule has 1 aromatic rings. The smallest absolute Gasteiger partial charge is 0.245 e. The van der Waals surface area contributed by atoms with Crippen LogP contribution >= 0.6 is 12.2 Å². The number of carbonyl (C=O) groups is 1. The van der Waals surface area contributed by atoms with Gasteiger partial charge in [-0.2, -0.15) is 0 Å². The van der Waals surface area contributed by atoms with Crippen molar-refractivity contribution in [3.8, 4) is 0 Å². The highest BCUT2D eigenvalue weighted by Crippen LogP contribution is 2.31. The Morgan fingerprint density at radius 2 is 2.15 bits per heavy atom. The van der Waals surface area contributed by atoms with Crippen molar-refractivity contribution in [1.29, 1.82) is 0 Å². The first-order valence-electron chi connectivity index (χ1n) is 6.59. The fourth-order valence-corrected chi connectivity index (χ4v) is 2.90. The molecule has 0 atom stereocenters. The van der Waals surface area contributed by atoms with Crippen molar-refractivity contribution in [3.63, 3.8) is 0 Å². The van der Waals surface area contributed by atoms with Gasteiger partial charge in [-0.1, -0.05) is 12.2 Å². The number of piperazine rings is 1. The van der Waals surface area contributed by atoms with E-state index < -0.39 is 5.54 Å². The summed E-state index contributed by atoms with van der Waals surface area (Å²) < 4.78 is 0. The number of nitrogens with zero attached hydrogens (tertiary/aromatic N) is 2. The van der Waals surface area contributed by atoms with Crippen LogP contribution in [0, 0.1) is 13.8 Å². The number of nitrogens with one attached hydrogen (secondary N) is 1. The summed E-state index contributed by atoms with van der Waals surface area (Å²) >= 11 is 5.16. The third kappa shape index (κ3) is 2.35. The lowest BCUT2D eigenvalue weighted by atomic mass is 9.96. The summed E-state index contributed by atoms with van der Waals surface area (Å²) in [6.07, 6.45) is 0. The number of nitrogens with two attached hydrogens (primary N) is 1. The fraction of sp³-hybridized carbons (Fsp3) is 0.500. The maximum absolute atomic E-state index is 12.1. The van der Waals surface area contributed by atoms with Gasteiger partial charge in [-0.05, 0) is 33.8 Å². The maximum atomic E-state index is 12.1. The Balaban J connectivity index is 2.62. The molecule has 1 aliphatic rings. The number of pyridine rings is 1. The number of hydrogen-bond acceptors (Lipinski definition) is 4. The Hall–Kier alpha value is -1.69. The van der Waals surface area contributed by atoms with Gasteiger partial charge in [0.05, 0.1) is 11.3 Å². The van der Waals surface area contributed by atoms with E-state index in [1.165, 1.54) is 0 Å². The molecule has 20 heavy (non-hydrogen) atoms. The van der Waals surface area contributed by atoms with Crippen LogP contribution in [0.4, 0.5) is 5.69 Å². The zero-order chi connectivity index (χ0) is 15.1. The molecule has 0 spiro atoms. The fourth-order valence-electron chi connectivity index (χ4n) is 2.65. The van der Waals surface area contributed by atoms with E-state index in [0.717, 1.165) is 29.2 Å². The highest BCUT2D eigenvalue weighted by molar-refractivity contribution is 7.80. The molecule has 0 bridgehead atoms. The minimum absolute atomic E-state index is 0.00441. The van der Waals surface area contributed by atoms with E-state index in [0.29, 0.717) is 11.5 Å². The van der Waals surface area contributed by atoms with Crippen molar-refractivity contribution in [3.05, 3.63) is 23.0 Å². The van der Waals surface area contributed by atoms with Gasteiger partial charge in [-0.3, -0.25) is 9.78 Å². The molecule has 6 heteroatoms. The standard InChI is InChI=1S/C14H20N4OS/c1-8-7-10(11(12(15)20)9(2)17-8)18-6-5-16-13(19)14(18,3)4/h7H,5-6H2,1-4H3,(H2,15,20)(H,16,19). The Labute approximate surface area is 124 Å². The first kappa shape index (κ1) is 14.7. The molecule has 1 amide bonds. The van der Waals surface area contributed by atoms with E-state index in [2.05, 4.69) is 15.2 Å². The number of hydrogen-bond donors (Lipinski definition) is 2. The zero-order valence-electron chi connectivity index (χ0n) is 12.3. The predicted molar refractivity (Wildman–Crippen MR) is 84.0 cm³/mol. The molecular formula is C14H20N4OS. The van der Waals surface area contributed by atoms with Crippen molar-refractivity contribution < 1.29 is 4.79 Å². The molecule has 1 aliphatic heterocycles. The number of amides is 1. The van der Waals surface area contributed by atoms with Gasteiger partial charge >= 0.3 is 0 Å². The van der Waals surface area contributed by atoms with Crippen molar-refractivity contribution >= 4 is 28.8 Å². The molecule has 0 aromatic carbocycles. The number of aryl methyl sites for hydroxylation is 2. The molecule has 0 unspecified atom stereocenters. The van der Waals surface area contributed by atoms with Crippen molar-refractivity contribution in [2.24, 2.45) is 5.73 Å². The van der Waals surface area contributed by atoms with E-state index in [9.17, 15) is 4.79 Å². The minimum atomic E-state index is -0.641. The predicted octanol–water partition coefficient (Wildman–Crippen LogP) is 1.05. The van der Waals surface area contributed by atoms with Gasteiger partial charge in [-0.15, -0.1) is 0 Å². The summed E-state index contributed by atoms with van der Waals surface area (Å²) in [4.78, 5) is 18.9. The number of aromatic nitrogens is 1. The SMILES string of the molecule is Cc1cc(N2CCNC(=O)C2(C)C)c(C(N)=S)c(C)n1. The average Bonchev–Trinajstić information content (AvgIpc) is 2.30. The van der Waals surface area contributed by atoms with E-state index in [4.69, 9.17) is 18.0 Å². The van der Waals surface area contributed by atoms with Gasteiger partial charge in [-0.25, -0.2) is 0 Å². The zero-order valence-corrected chi connectivity index (χ0v) is 13.1. The van der Waals surface area contributed by atoms with Gasteiger partial charge in [0.2, 0.25) is 5.91 Å². The van der Waals surface area contributed by atoms with E-state index in [1.54, 1.807) is 0 Å². The Morgan fingerprint density at radius 3 is 2.75 bits per heavy atom. The average molecular weight is 292 g/mol. The lowest BCUT2D eigenvalue weighted by molar-refractivity contribution is -0.126. The summed E-state index contributed by atoms with van der Waals surface area (Å²) in [5.41, 5.74) is 8.56. The van der Waals surface area contributed by atoms with Gasteiger partial charge in [0.15, 0.2) is 0 Å². The maximum Gasteiger partial charge on any atom is 0.245 e. The third-order valence-electron chi connectivity index (χ3n) is 3.70. The molecule has 2 rings (SSSR count). The summed E-state index contributed by atoms with van der Waals surface area (Å²) in [5, 5.41) is 2.89. The molecule has 1 saturated heterocycles. The molecule has 5 nitrogen and oxygen atoms in total. The Morgan fingerprint density at radius 1 is 1.50 bits per heavy atom. The van der Waals surface area contributed by atoms with Crippen LogP contribution < -0.4 is 16.0 Å². The highest BCUT2D eigenvalue weighted by atomic mass is 32.1.